The number of pyridine rings is 1. The quantitative estimate of drug-likeness (QED) is 0.0593. The van der Waals surface area contributed by atoms with Crippen LogP contribution in [-0.4, -0.2) is 68.5 Å². The number of hydrogen-bond acceptors (Lipinski definition) is 8. The largest absolute Gasteiger partial charge is 1.00 e. The summed E-state index contributed by atoms with van der Waals surface area (Å²) in [6.45, 7) is 0.534. The maximum atomic E-state index is 11.2. The number of aromatic nitrogens is 1. The fourth-order valence-electron chi connectivity index (χ4n) is 3.95. The van der Waals surface area contributed by atoms with Crippen LogP contribution in [0.15, 0.2) is 12.4 Å². The standard InChI is InChI=1S/C24H39N5O8.ClH/c25-17(21(30)31)5-1-2-11-29-12-14(7-9-19(27)23(34)35)16(4-3-6-18(26)22(32)33)15(13-29)8-10-20(28)24(36)37;/h12-13,17-20H,1-11,25-28H2,(H3-,30,31,32,33,34,35,36,37);1H. The van der Waals surface area contributed by atoms with Crippen LogP contribution < -0.4 is 39.9 Å². The van der Waals surface area contributed by atoms with Crippen LogP contribution in [0.3, 0.4) is 0 Å². The SMILES string of the molecule is NC(CCCC[n+]1cc(CCC(N)C(=O)O)c(CCCC(N)C(=O)O)c(CCC(N)C(=O)O)c1)C(=O)O.[Cl-]. The number of carboxylic acids is 4. The van der Waals surface area contributed by atoms with Crippen LogP contribution in [0.2, 0.25) is 0 Å². The third-order valence-electron chi connectivity index (χ3n) is 6.26. The van der Waals surface area contributed by atoms with Gasteiger partial charge in [-0.2, -0.15) is 0 Å². The van der Waals surface area contributed by atoms with Gasteiger partial charge in [0.25, 0.3) is 0 Å². The van der Waals surface area contributed by atoms with E-state index in [1.54, 1.807) is 0 Å². The zero-order chi connectivity index (χ0) is 28.1. The van der Waals surface area contributed by atoms with Gasteiger partial charge in [-0.1, -0.05) is 0 Å². The Morgan fingerprint density at radius 1 is 0.605 bits per heavy atom. The van der Waals surface area contributed by atoms with Gasteiger partial charge in [0.1, 0.15) is 30.7 Å². The van der Waals surface area contributed by atoms with Crippen LogP contribution in [0.1, 0.15) is 61.6 Å². The molecule has 4 unspecified atom stereocenters. The van der Waals surface area contributed by atoms with E-state index in [2.05, 4.69) is 0 Å². The molecule has 0 saturated heterocycles. The smallest absolute Gasteiger partial charge is 0.320 e. The lowest BCUT2D eigenvalue weighted by atomic mass is 9.91. The molecule has 0 spiro atoms. The van der Waals surface area contributed by atoms with Gasteiger partial charge in [-0.15, -0.1) is 0 Å². The average Bonchev–Trinajstić information content (AvgIpc) is 2.83. The number of halogens is 1. The van der Waals surface area contributed by atoms with Gasteiger partial charge >= 0.3 is 23.9 Å². The summed E-state index contributed by atoms with van der Waals surface area (Å²) in [6, 6.07) is -4.09. The normalized spacial score (nSPS) is 14.1. The second-order valence-corrected chi connectivity index (χ2v) is 9.27. The summed E-state index contributed by atoms with van der Waals surface area (Å²) in [4.78, 5) is 44.5. The highest BCUT2D eigenvalue weighted by atomic mass is 35.5. The number of unbranched alkanes of at least 4 members (excludes halogenated alkanes) is 1. The molecule has 0 aromatic carbocycles. The number of nitrogens with two attached hydrogens (primary N) is 4. The molecule has 0 aliphatic heterocycles. The van der Waals surface area contributed by atoms with Crippen molar-refractivity contribution in [1.29, 1.82) is 0 Å². The van der Waals surface area contributed by atoms with Crippen molar-refractivity contribution in [3.05, 3.63) is 29.1 Å². The molecule has 13 nitrogen and oxygen atoms in total. The van der Waals surface area contributed by atoms with Crippen LogP contribution in [0.4, 0.5) is 0 Å². The molecule has 38 heavy (non-hydrogen) atoms. The molecule has 0 aliphatic carbocycles. The van der Waals surface area contributed by atoms with Crippen molar-refractivity contribution >= 4 is 23.9 Å². The van der Waals surface area contributed by atoms with Gasteiger partial charge in [0, 0.05) is 17.5 Å². The van der Waals surface area contributed by atoms with Crippen LogP contribution in [0.25, 0.3) is 0 Å². The van der Waals surface area contributed by atoms with Crippen molar-refractivity contribution < 1.29 is 56.6 Å². The Morgan fingerprint density at radius 2 is 0.974 bits per heavy atom. The fraction of sp³-hybridized carbons (Fsp3) is 0.625. The molecule has 0 fully saturated rings. The lowest BCUT2D eigenvalue weighted by molar-refractivity contribution is -0.698. The van der Waals surface area contributed by atoms with E-state index < -0.39 is 48.0 Å². The topological polar surface area (TPSA) is 257 Å². The van der Waals surface area contributed by atoms with Crippen molar-refractivity contribution in [2.45, 2.75) is 94.9 Å². The molecule has 4 atom stereocenters. The molecule has 1 aromatic heterocycles. The lowest BCUT2D eigenvalue weighted by Gasteiger charge is -2.16. The average molecular weight is 562 g/mol. The minimum atomic E-state index is -1.12. The highest BCUT2D eigenvalue weighted by Crippen LogP contribution is 2.21. The monoisotopic (exact) mass is 561 g/mol. The Bertz CT molecular complexity index is 903. The van der Waals surface area contributed by atoms with E-state index in [1.165, 1.54) is 0 Å². The van der Waals surface area contributed by atoms with Crippen molar-refractivity contribution in [3.63, 3.8) is 0 Å². The van der Waals surface area contributed by atoms with Crippen LogP contribution >= 0.6 is 0 Å². The zero-order valence-electron chi connectivity index (χ0n) is 21.3. The molecule has 12 N–H and O–H groups in total. The van der Waals surface area contributed by atoms with Crippen molar-refractivity contribution in [3.8, 4) is 0 Å². The Kier molecular flexibility index (Phi) is 16.3. The Balaban J connectivity index is 0.0000137. The first kappa shape index (κ1) is 35.2. The summed E-state index contributed by atoms with van der Waals surface area (Å²) in [7, 11) is 0. The summed E-state index contributed by atoms with van der Waals surface area (Å²) < 4.78 is 1.90. The highest BCUT2D eigenvalue weighted by molar-refractivity contribution is 5.74. The van der Waals surface area contributed by atoms with Gasteiger partial charge in [0.05, 0.1) is 0 Å². The van der Waals surface area contributed by atoms with E-state index in [9.17, 15) is 29.4 Å². The molecule has 1 aromatic rings. The van der Waals surface area contributed by atoms with E-state index in [0.717, 1.165) is 16.7 Å². The number of hydrogen-bond donors (Lipinski definition) is 8. The fourth-order valence-corrected chi connectivity index (χ4v) is 3.95. The summed E-state index contributed by atoms with van der Waals surface area (Å²) in [5.74, 6) is -4.41. The predicted octanol–water partition coefficient (Wildman–Crippen LogP) is -4.02. The first-order valence-electron chi connectivity index (χ1n) is 12.3. The Morgan fingerprint density at radius 3 is 1.37 bits per heavy atom. The van der Waals surface area contributed by atoms with Gasteiger partial charge < -0.3 is 55.8 Å². The molecule has 0 bridgehead atoms. The number of carboxylic acid groups (broad SMARTS) is 4. The highest BCUT2D eigenvalue weighted by Gasteiger charge is 2.22. The molecule has 0 aliphatic rings. The zero-order valence-corrected chi connectivity index (χ0v) is 22.1. The van der Waals surface area contributed by atoms with Gasteiger partial charge in [-0.3, -0.25) is 19.2 Å². The molecule has 0 amide bonds. The molecule has 216 valence electrons. The Labute approximate surface area is 227 Å². The molecular formula is C24H40ClN5O8. The summed E-state index contributed by atoms with van der Waals surface area (Å²) in [5.41, 5.74) is 25.2. The number of rotatable bonds is 19. The molecule has 14 heteroatoms. The van der Waals surface area contributed by atoms with Gasteiger partial charge in [-0.25, -0.2) is 4.57 Å². The lowest BCUT2D eigenvalue weighted by Crippen LogP contribution is -3.00. The number of nitrogens with zero attached hydrogens (tertiary/aromatic N) is 1. The minimum absolute atomic E-state index is 0. The van der Waals surface area contributed by atoms with E-state index in [4.69, 9.17) is 33.1 Å². The van der Waals surface area contributed by atoms with Gasteiger partial charge in [0.15, 0.2) is 12.4 Å². The second kappa shape index (κ2) is 17.6. The van der Waals surface area contributed by atoms with Gasteiger partial charge in [-0.05, 0) is 63.4 Å². The van der Waals surface area contributed by atoms with Crippen molar-refractivity contribution in [2.75, 3.05) is 0 Å². The predicted molar refractivity (Wildman–Crippen MR) is 133 cm³/mol. The van der Waals surface area contributed by atoms with Crippen LogP contribution in [0, 0.1) is 0 Å². The van der Waals surface area contributed by atoms with Crippen LogP contribution in [-0.2, 0) is 45.0 Å². The molecule has 0 radical (unpaired) electrons. The van der Waals surface area contributed by atoms with E-state index in [-0.39, 0.29) is 31.7 Å². The van der Waals surface area contributed by atoms with Crippen LogP contribution in [0.5, 0.6) is 0 Å². The second-order valence-electron chi connectivity index (χ2n) is 9.27. The molecule has 1 rings (SSSR count). The van der Waals surface area contributed by atoms with Gasteiger partial charge in [0.2, 0.25) is 0 Å². The third-order valence-corrected chi connectivity index (χ3v) is 6.26. The maximum absolute atomic E-state index is 11.2. The first-order chi connectivity index (χ1) is 17.3. The summed E-state index contributed by atoms with van der Waals surface area (Å²) in [5, 5.41) is 36.4. The van der Waals surface area contributed by atoms with Crippen molar-refractivity contribution in [2.24, 2.45) is 22.9 Å². The first-order valence-corrected chi connectivity index (χ1v) is 12.3. The number of carbonyl (C=O) groups is 4. The third kappa shape index (κ3) is 12.6. The number of aryl methyl sites for hydroxylation is 3. The summed E-state index contributed by atoms with van der Waals surface area (Å²) in [6.07, 6.45) is 7.46. The summed E-state index contributed by atoms with van der Waals surface area (Å²) >= 11 is 0. The maximum Gasteiger partial charge on any atom is 0.320 e. The van der Waals surface area contributed by atoms with E-state index in [0.29, 0.717) is 51.5 Å². The van der Waals surface area contributed by atoms with E-state index >= 15 is 0 Å². The minimum Gasteiger partial charge on any atom is -1.00 e. The molecular weight excluding hydrogens is 522 g/mol. The van der Waals surface area contributed by atoms with Crippen molar-refractivity contribution in [1.82, 2.24) is 0 Å². The van der Waals surface area contributed by atoms with E-state index in [1.807, 2.05) is 17.0 Å². The number of aliphatic carboxylic acids is 4. The molecule has 1 heterocycles. The molecule has 0 saturated carbocycles. The Hall–Kier alpha value is -2.84.